The number of carbonyl (C=O) groups excluding carboxylic acids is 2. The Balaban J connectivity index is 2.77. The van der Waals surface area contributed by atoms with Crippen molar-refractivity contribution < 1.29 is 32.3 Å². The van der Waals surface area contributed by atoms with Gasteiger partial charge in [0.1, 0.15) is 5.82 Å². The summed E-state index contributed by atoms with van der Waals surface area (Å²) in [6, 6.07) is 1.47. The van der Waals surface area contributed by atoms with E-state index >= 15 is 0 Å². The van der Waals surface area contributed by atoms with Crippen LogP contribution in [0.1, 0.15) is 12.5 Å². The number of nitrogens with one attached hydrogen (secondary N) is 2. The Kier molecular flexibility index (Phi) is 5.86. The Morgan fingerprint density at radius 3 is 2.45 bits per heavy atom. The fourth-order valence-electron chi connectivity index (χ4n) is 1.39. The lowest BCUT2D eigenvalue weighted by Gasteiger charge is -2.12. The molecule has 2 amide bonds. The van der Waals surface area contributed by atoms with Gasteiger partial charge < -0.3 is 15.7 Å². The van der Waals surface area contributed by atoms with E-state index in [0.29, 0.717) is 18.2 Å². The second-order valence-electron chi connectivity index (χ2n) is 4.64. The van der Waals surface area contributed by atoms with Gasteiger partial charge in [0.15, 0.2) is 0 Å². The summed E-state index contributed by atoms with van der Waals surface area (Å²) < 4.78 is 50.9. The van der Waals surface area contributed by atoms with Crippen molar-refractivity contribution in [3.05, 3.63) is 29.6 Å². The first-order valence-electron chi connectivity index (χ1n) is 6.22. The van der Waals surface area contributed by atoms with E-state index in [1.807, 2.05) is 0 Å². The van der Waals surface area contributed by atoms with Crippen LogP contribution in [0.4, 0.5) is 23.2 Å². The van der Waals surface area contributed by atoms with Gasteiger partial charge in [-0.05, 0) is 24.1 Å². The monoisotopic (exact) mass is 322 g/mol. The van der Waals surface area contributed by atoms with E-state index in [4.69, 9.17) is 5.11 Å². The molecule has 1 aromatic rings. The van der Waals surface area contributed by atoms with E-state index in [9.17, 15) is 27.2 Å². The molecule has 1 unspecified atom stereocenters. The second-order valence-corrected chi connectivity index (χ2v) is 4.64. The Morgan fingerprint density at radius 1 is 1.27 bits per heavy atom. The first-order chi connectivity index (χ1) is 10.1. The first kappa shape index (κ1) is 17.9. The van der Waals surface area contributed by atoms with Crippen LogP contribution in [-0.2, 0) is 15.8 Å². The van der Waals surface area contributed by atoms with Crippen LogP contribution in [-0.4, -0.2) is 30.1 Å². The third-order valence-electron chi connectivity index (χ3n) is 2.67. The van der Waals surface area contributed by atoms with Gasteiger partial charge in [0.05, 0.1) is 11.3 Å². The molecule has 0 aliphatic carbocycles. The average Bonchev–Trinajstić information content (AvgIpc) is 2.45. The molecule has 0 heterocycles. The summed E-state index contributed by atoms with van der Waals surface area (Å²) >= 11 is 0. The van der Waals surface area contributed by atoms with Crippen LogP contribution in [0.2, 0.25) is 0 Å². The topological polar surface area (TPSA) is 78.4 Å². The number of halogens is 4. The number of amides is 2. The van der Waals surface area contributed by atoms with Crippen molar-refractivity contribution in [3.63, 3.8) is 0 Å². The molecule has 0 aromatic heterocycles. The number of aliphatic hydroxyl groups excluding tert-OH is 1. The predicted molar refractivity (Wildman–Crippen MR) is 69.3 cm³/mol. The maximum Gasteiger partial charge on any atom is 0.416 e. The molecule has 1 aromatic carbocycles. The zero-order valence-corrected chi connectivity index (χ0v) is 11.5. The van der Waals surface area contributed by atoms with E-state index in [-0.39, 0.29) is 19.1 Å². The highest BCUT2D eigenvalue weighted by molar-refractivity contribution is 6.39. The Morgan fingerprint density at radius 2 is 1.91 bits per heavy atom. The molecule has 9 heteroatoms. The number of anilines is 1. The van der Waals surface area contributed by atoms with E-state index in [2.05, 4.69) is 5.32 Å². The fraction of sp³-hybridized carbons (Fsp3) is 0.385. The van der Waals surface area contributed by atoms with Crippen LogP contribution in [0.3, 0.4) is 0 Å². The second kappa shape index (κ2) is 7.21. The van der Waals surface area contributed by atoms with Gasteiger partial charge in [-0.2, -0.15) is 13.2 Å². The van der Waals surface area contributed by atoms with Crippen molar-refractivity contribution in [2.75, 3.05) is 18.5 Å². The molecule has 0 aliphatic heterocycles. The van der Waals surface area contributed by atoms with Crippen LogP contribution in [0, 0.1) is 11.7 Å². The third-order valence-corrected chi connectivity index (χ3v) is 2.67. The molecule has 3 N–H and O–H groups in total. The number of carbonyl (C=O) groups is 2. The van der Waals surface area contributed by atoms with Crippen molar-refractivity contribution in [1.29, 1.82) is 0 Å². The van der Waals surface area contributed by atoms with Crippen LogP contribution < -0.4 is 10.6 Å². The molecule has 0 saturated carbocycles. The largest absolute Gasteiger partial charge is 0.416 e. The molecule has 1 rings (SSSR count). The number of benzene rings is 1. The van der Waals surface area contributed by atoms with Crippen LogP contribution in [0.25, 0.3) is 0 Å². The number of alkyl halides is 3. The maximum absolute atomic E-state index is 13.4. The van der Waals surface area contributed by atoms with Crippen LogP contribution >= 0.6 is 0 Å². The van der Waals surface area contributed by atoms with Crippen molar-refractivity contribution in [2.24, 2.45) is 5.92 Å². The minimum absolute atomic E-state index is 0.00612. The summed E-state index contributed by atoms with van der Waals surface area (Å²) in [4.78, 5) is 22.9. The molecule has 122 valence electrons. The van der Waals surface area contributed by atoms with E-state index in [0.717, 1.165) is 0 Å². The Labute approximate surface area is 123 Å². The molecule has 0 aliphatic rings. The van der Waals surface area contributed by atoms with Gasteiger partial charge in [0.2, 0.25) is 0 Å². The molecule has 1 atom stereocenters. The van der Waals surface area contributed by atoms with Gasteiger partial charge in [0, 0.05) is 13.2 Å². The molecule has 0 spiro atoms. The molecule has 0 radical (unpaired) electrons. The maximum atomic E-state index is 13.4. The smallest absolute Gasteiger partial charge is 0.396 e. The highest BCUT2D eigenvalue weighted by Crippen LogP contribution is 2.31. The summed E-state index contributed by atoms with van der Waals surface area (Å²) in [5.41, 5.74) is -1.90. The minimum Gasteiger partial charge on any atom is -0.396 e. The Bertz CT molecular complexity index is 561. The summed E-state index contributed by atoms with van der Waals surface area (Å²) in [5, 5.41) is 12.7. The predicted octanol–water partition coefficient (Wildman–Crippen LogP) is 1.53. The quantitative estimate of drug-likeness (QED) is 0.581. The zero-order chi connectivity index (χ0) is 16.9. The normalized spacial score (nSPS) is 12.6. The van der Waals surface area contributed by atoms with Crippen LogP contribution in [0.15, 0.2) is 18.2 Å². The third kappa shape index (κ3) is 4.99. The lowest BCUT2D eigenvalue weighted by atomic mass is 10.2. The van der Waals surface area contributed by atoms with Gasteiger partial charge in [0.25, 0.3) is 0 Å². The SMILES string of the molecule is CC(CO)CNC(=O)C(=O)Nc1cc(C(F)(F)F)ccc1F. The molecule has 0 bridgehead atoms. The summed E-state index contributed by atoms with van der Waals surface area (Å²) in [6.45, 7) is 1.38. The standard InChI is InChI=1S/C13H14F4N2O3/c1-7(6-20)5-18-11(21)12(22)19-10-4-8(13(15,16)17)2-3-9(10)14/h2-4,7,20H,5-6H2,1H3,(H,18,21)(H,19,22). The molecular formula is C13H14F4N2O3. The van der Waals surface area contributed by atoms with E-state index in [1.54, 1.807) is 12.2 Å². The molecule has 22 heavy (non-hydrogen) atoms. The molecule has 0 fully saturated rings. The van der Waals surface area contributed by atoms with Crippen LogP contribution in [0.5, 0.6) is 0 Å². The number of aliphatic hydroxyl groups is 1. The highest BCUT2D eigenvalue weighted by atomic mass is 19.4. The summed E-state index contributed by atoms with van der Waals surface area (Å²) in [6.07, 6.45) is -4.70. The van der Waals surface area contributed by atoms with Gasteiger partial charge in [-0.1, -0.05) is 6.92 Å². The van der Waals surface area contributed by atoms with Crippen molar-refractivity contribution in [2.45, 2.75) is 13.1 Å². The van der Waals surface area contributed by atoms with Gasteiger partial charge in [-0.15, -0.1) is 0 Å². The van der Waals surface area contributed by atoms with Gasteiger partial charge in [-0.25, -0.2) is 4.39 Å². The van der Waals surface area contributed by atoms with Crippen molar-refractivity contribution in [3.8, 4) is 0 Å². The average molecular weight is 322 g/mol. The summed E-state index contributed by atoms with van der Waals surface area (Å²) in [5.74, 6) is -3.85. The van der Waals surface area contributed by atoms with Gasteiger partial charge >= 0.3 is 18.0 Å². The number of hydrogen-bond acceptors (Lipinski definition) is 3. The summed E-state index contributed by atoms with van der Waals surface area (Å²) in [7, 11) is 0. The zero-order valence-electron chi connectivity index (χ0n) is 11.5. The number of hydrogen-bond donors (Lipinski definition) is 3. The fourth-order valence-corrected chi connectivity index (χ4v) is 1.39. The van der Waals surface area contributed by atoms with Gasteiger partial charge in [-0.3, -0.25) is 9.59 Å². The lowest BCUT2D eigenvalue weighted by molar-refractivity contribution is -0.137. The molecule has 0 saturated heterocycles. The van der Waals surface area contributed by atoms with E-state index in [1.165, 1.54) is 0 Å². The lowest BCUT2D eigenvalue weighted by Crippen LogP contribution is -2.38. The molecule has 5 nitrogen and oxygen atoms in total. The molecular weight excluding hydrogens is 308 g/mol. The van der Waals surface area contributed by atoms with Crippen molar-refractivity contribution >= 4 is 17.5 Å². The number of rotatable bonds is 4. The van der Waals surface area contributed by atoms with E-state index < -0.39 is 35.1 Å². The van der Waals surface area contributed by atoms with Crippen molar-refractivity contribution in [1.82, 2.24) is 5.32 Å². The minimum atomic E-state index is -4.70. The Hall–Kier alpha value is -2.16. The first-order valence-corrected chi connectivity index (χ1v) is 6.22. The highest BCUT2D eigenvalue weighted by Gasteiger charge is 2.31.